The van der Waals surface area contributed by atoms with E-state index in [4.69, 9.17) is 0 Å². The molecule has 150 valence electrons. The lowest BCUT2D eigenvalue weighted by Crippen LogP contribution is -2.37. The molecule has 0 saturated heterocycles. The van der Waals surface area contributed by atoms with Crippen molar-refractivity contribution in [3.05, 3.63) is 111 Å². The first-order chi connectivity index (χ1) is 14.4. The third kappa shape index (κ3) is 4.39. The molecule has 0 aromatic heterocycles. The van der Waals surface area contributed by atoms with Crippen molar-refractivity contribution in [1.82, 2.24) is 4.90 Å². The first-order valence-corrected chi connectivity index (χ1v) is 8.85. The summed E-state index contributed by atoms with van der Waals surface area (Å²) in [5, 5.41) is 20.3. The molecule has 3 aromatic rings. The Hall–Kier alpha value is -4.33. The highest BCUT2D eigenvalue weighted by Crippen LogP contribution is 2.19. The van der Waals surface area contributed by atoms with Gasteiger partial charge < -0.3 is 5.11 Å². The molecule has 0 aliphatic rings. The van der Waals surface area contributed by atoms with Gasteiger partial charge in [-0.2, -0.15) is 0 Å². The molecule has 8 heteroatoms. The van der Waals surface area contributed by atoms with Gasteiger partial charge in [-0.05, 0) is 29.8 Å². The minimum absolute atomic E-state index is 0.0673. The molecule has 3 aromatic carbocycles. The molecule has 0 atom stereocenters. The van der Waals surface area contributed by atoms with Gasteiger partial charge in [-0.3, -0.25) is 24.6 Å². The molecule has 0 saturated carbocycles. The summed E-state index contributed by atoms with van der Waals surface area (Å²) in [5.74, 6) is -2.76. The Morgan fingerprint density at radius 1 is 0.800 bits per heavy atom. The maximum Gasteiger partial charge on any atom is 0.336 e. The normalized spacial score (nSPS) is 10.3. The standard InChI is InChI=1S/C22H16N2O6/c25-20(16-10-12-17(13-11-16)24(29)30)23(14-15-6-2-1-3-7-15)21(26)18-8-4-5-9-19(18)22(27)28/h1-13H,14H2,(H,27,28). The van der Waals surface area contributed by atoms with E-state index in [2.05, 4.69) is 0 Å². The van der Waals surface area contributed by atoms with E-state index in [0.29, 0.717) is 5.56 Å². The zero-order valence-corrected chi connectivity index (χ0v) is 15.6. The maximum atomic E-state index is 13.2. The molecule has 1 N–H and O–H groups in total. The summed E-state index contributed by atoms with van der Waals surface area (Å²) >= 11 is 0. The third-order valence-electron chi connectivity index (χ3n) is 4.39. The second-order valence-electron chi connectivity index (χ2n) is 6.34. The number of hydrogen-bond donors (Lipinski definition) is 1. The number of carboxylic acid groups (broad SMARTS) is 1. The molecule has 3 rings (SSSR count). The molecule has 0 aliphatic carbocycles. The first-order valence-electron chi connectivity index (χ1n) is 8.85. The predicted molar refractivity (Wildman–Crippen MR) is 107 cm³/mol. The van der Waals surface area contributed by atoms with Gasteiger partial charge in [0.2, 0.25) is 0 Å². The molecule has 30 heavy (non-hydrogen) atoms. The fourth-order valence-electron chi connectivity index (χ4n) is 2.88. The summed E-state index contributed by atoms with van der Waals surface area (Å²) in [4.78, 5) is 49.0. The molecule has 0 heterocycles. The maximum absolute atomic E-state index is 13.2. The van der Waals surface area contributed by atoms with E-state index >= 15 is 0 Å². The van der Waals surface area contributed by atoms with Gasteiger partial charge in [0.25, 0.3) is 17.5 Å². The van der Waals surface area contributed by atoms with E-state index in [-0.39, 0.29) is 28.9 Å². The molecular formula is C22H16N2O6. The summed E-state index contributed by atoms with van der Waals surface area (Å²) in [7, 11) is 0. The number of nitro groups is 1. The number of hydrogen-bond acceptors (Lipinski definition) is 5. The summed E-state index contributed by atoms with van der Waals surface area (Å²) in [5.41, 5.74) is 0.184. The topological polar surface area (TPSA) is 118 Å². The minimum Gasteiger partial charge on any atom is -0.478 e. The predicted octanol–water partition coefficient (Wildman–Crippen LogP) is 3.78. The third-order valence-corrected chi connectivity index (χ3v) is 4.39. The lowest BCUT2D eigenvalue weighted by molar-refractivity contribution is -0.384. The van der Waals surface area contributed by atoms with Gasteiger partial charge in [-0.15, -0.1) is 0 Å². The number of carbonyl (C=O) groups is 3. The summed E-state index contributed by atoms with van der Waals surface area (Å²) < 4.78 is 0. The van der Waals surface area contributed by atoms with Crippen molar-refractivity contribution in [2.75, 3.05) is 0 Å². The first kappa shape index (κ1) is 20.4. The monoisotopic (exact) mass is 404 g/mol. The number of amides is 2. The largest absolute Gasteiger partial charge is 0.478 e. The fraction of sp³-hybridized carbons (Fsp3) is 0.0455. The zero-order valence-electron chi connectivity index (χ0n) is 15.6. The molecule has 0 fully saturated rings. The van der Waals surface area contributed by atoms with Crippen LogP contribution in [-0.2, 0) is 6.54 Å². The summed E-state index contributed by atoms with van der Waals surface area (Å²) in [6.45, 7) is -0.0938. The number of aromatic carboxylic acids is 1. The van der Waals surface area contributed by atoms with Crippen LogP contribution in [0.15, 0.2) is 78.9 Å². The van der Waals surface area contributed by atoms with E-state index in [0.717, 1.165) is 4.90 Å². The van der Waals surface area contributed by atoms with Gasteiger partial charge in [0.05, 0.1) is 22.6 Å². The highest BCUT2D eigenvalue weighted by Gasteiger charge is 2.27. The van der Waals surface area contributed by atoms with Crippen molar-refractivity contribution in [2.45, 2.75) is 6.54 Å². The van der Waals surface area contributed by atoms with Gasteiger partial charge in [-0.25, -0.2) is 4.79 Å². The zero-order chi connectivity index (χ0) is 21.7. The molecule has 0 spiro atoms. The molecular weight excluding hydrogens is 388 g/mol. The highest BCUT2D eigenvalue weighted by atomic mass is 16.6. The van der Waals surface area contributed by atoms with Crippen LogP contribution >= 0.6 is 0 Å². The Balaban J connectivity index is 2.02. The number of carbonyl (C=O) groups excluding carboxylic acids is 2. The van der Waals surface area contributed by atoms with Gasteiger partial charge in [0.15, 0.2) is 0 Å². The van der Waals surface area contributed by atoms with Gasteiger partial charge in [0, 0.05) is 17.7 Å². The molecule has 2 amide bonds. The van der Waals surface area contributed by atoms with Gasteiger partial charge in [-0.1, -0.05) is 42.5 Å². The smallest absolute Gasteiger partial charge is 0.336 e. The van der Waals surface area contributed by atoms with Crippen molar-refractivity contribution in [3.8, 4) is 0 Å². The number of benzene rings is 3. The van der Waals surface area contributed by atoms with Crippen LogP contribution in [0.25, 0.3) is 0 Å². The lowest BCUT2D eigenvalue weighted by Gasteiger charge is -2.22. The van der Waals surface area contributed by atoms with Crippen molar-refractivity contribution in [3.63, 3.8) is 0 Å². The number of nitro benzene ring substituents is 1. The van der Waals surface area contributed by atoms with Crippen molar-refractivity contribution in [2.24, 2.45) is 0 Å². The Morgan fingerprint density at radius 2 is 1.37 bits per heavy atom. The number of nitrogens with zero attached hydrogens (tertiary/aromatic N) is 2. The number of non-ortho nitro benzene ring substituents is 1. The quantitative estimate of drug-likeness (QED) is 0.379. The van der Waals surface area contributed by atoms with E-state index in [1.807, 2.05) is 0 Å². The molecule has 0 radical (unpaired) electrons. The molecule has 0 bridgehead atoms. The number of carboxylic acids is 1. The Morgan fingerprint density at radius 3 is 1.93 bits per heavy atom. The van der Waals surface area contributed by atoms with E-state index in [1.165, 1.54) is 48.5 Å². The average molecular weight is 404 g/mol. The van der Waals surface area contributed by atoms with E-state index < -0.39 is 22.7 Å². The Labute approximate surface area is 171 Å². The van der Waals surface area contributed by atoms with Crippen LogP contribution in [0.4, 0.5) is 5.69 Å². The van der Waals surface area contributed by atoms with Gasteiger partial charge in [0.1, 0.15) is 0 Å². The van der Waals surface area contributed by atoms with E-state index in [9.17, 15) is 29.6 Å². The number of imide groups is 1. The highest BCUT2D eigenvalue weighted by molar-refractivity contribution is 6.13. The van der Waals surface area contributed by atoms with Crippen LogP contribution in [0.2, 0.25) is 0 Å². The second-order valence-corrected chi connectivity index (χ2v) is 6.34. The summed E-state index contributed by atoms with van der Waals surface area (Å²) in [6.07, 6.45) is 0. The lowest BCUT2D eigenvalue weighted by atomic mass is 10.0. The van der Waals surface area contributed by atoms with E-state index in [1.54, 1.807) is 30.3 Å². The second kappa shape index (κ2) is 8.78. The van der Waals surface area contributed by atoms with Crippen molar-refractivity contribution < 1.29 is 24.4 Å². The SMILES string of the molecule is O=C(O)c1ccccc1C(=O)N(Cc1ccccc1)C(=O)c1ccc([N+](=O)[O-])cc1. The minimum atomic E-state index is -1.29. The fourth-order valence-corrected chi connectivity index (χ4v) is 2.88. The van der Waals surface area contributed by atoms with Crippen LogP contribution in [0.1, 0.15) is 36.6 Å². The average Bonchev–Trinajstić information content (AvgIpc) is 2.77. The summed E-state index contributed by atoms with van der Waals surface area (Å²) in [6, 6.07) is 19.2. The van der Waals surface area contributed by atoms with Crippen LogP contribution in [0, 0.1) is 10.1 Å². The van der Waals surface area contributed by atoms with Crippen LogP contribution < -0.4 is 0 Å². The Kier molecular flexibility index (Phi) is 5.97. The molecule has 0 aliphatic heterocycles. The van der Waals surface area contributed by atoms with Gasteiger partial charge >= 0.3 is 5.97 Å². The van der Waals surface area contributed by atoms with Crippen molar-refractivity contribution in [1.29, 1.82) is 0 Å². The number of rotatable bonds is 6. The molecule has 0 unspecified atom stereocenters. The van der Waals surface area contributed by atoms with Crippen molar-refractivity contribution >= 4 is 23.5 Å². The van der Waals surface area contributed by atoms with Crippen LogP contribution in [0.5, 0.6) is 0 Å². The van der Waals surface area contributed by atoms with Crippen LogP contribution in [0.3, 0.4) is 0 Å². The Bertz CT molecular complexity index is 1110. The van der Waals surface area contributed by atoms with Crippen LogP contribution in [-0.4, -0.2) is 32.7 Å². The molecule has 8 nitrogen and oxygen atoms in total.